The number of esters is 1. The Morgan fingerprint density at radius 3 is 2.22 bits per heavy atom. The third-order valence-corrected chi connectivity index (χ3v) is 5.30. The van der Waals surface area contributed by atoms with Gasteiger partial charge in [0.05, 0.1) is 32.5 Å². The summed E-state index contributed by atoms with van der Waals surface area (Å²) in [5.74, 6) is 1.09. The molecule has 0 spiro atoms. The summed E-state index contributed by atoms with van der Waals surface area (Å²) < 4.78 is 27.3. The van der Waals surface area contributed by atoms with E-state index in [-0.39, 0.29) is 23.6 Å². The Bertz CT molecular complexity index is 1200. The number of aromatic nitrogens is 1. The van der Waals surface area contributed by atoms with Gasteiger partial charge in [-0.05, 0) is 55.8 Å². The first-order chi connectivity index (χ1) is 17.8. The molecular weight excluding hydrogens is 476 g/mol. The van der Waals surface area contributed by atoms with Crippen LogP contribution in [0.5, 0.6) is 17.2 Å². The SMILES string of the molecule is COC[C@H](C)Oc1cc(O[C@@H](C)Cc2cccc(OC)c2)cc(C(=O)Nc2ccc(C(=O)OC)cn2)c1. The molecule has 3 rings (SSSR count). The minimum Gasteiger partial charge on any atom is -0.497 e. The van der Waals surface area contributed by atoms with E-state index in [1.54, 1.807) is 32.4 Å². The predicted octanol–water partition coefficient (Wildman–Crippen LogP) is 4.55. The van der Waals surface area contributed by atoms with Crippen LogP contribution in [0.2, 0.25) is 0 Å². The second-order valence-electron chi connectivity index (χ2n) is 8.44. The average Bonchev–Trinajstić information content (AvgIpc) is 2.88. The van der Waals surface area contributed by atoms with Gasteiger partial charge in [-0.1, -0.05) is 12.1 Å². The van der Waals surface area contributed by atoms with Crippen LogP contribution in [0.25, 0.3) is 0 Å². The molecule has 37 heavy (non-hydrogen) atoms. The van der Waals surface area contributed by atoms with Gasteiger partial charge in [-0.3, -0.25) is 4.79 Å². The number of rotatable bonds is 12. The summed E-state index contributed by atoms with van der Waals surface area (Å²) in [6.07, 6.45) is 1.54. The van der Waals surface area contributed by atoms with E-state index in [2.05, 4.69) is 15.0 Å². The maximum Gasteiger partial charge on any atom is 0.339 e. The van der Waals surface area contributed by atoms with Gasteiger partial charge in [0.1, 0.15) is 29.2 Å². The number of benzene rings is 2. The molecular formula is C28H32N2O7. The van der Waals surface area contributed by atoms with Crippen molar-refractivity contribution in [1.29, 1.82) is 0 Å². The maximum atomic E-state index is 13.1. The van der Waals surface area contributed by atoms with Crippen molar-refractivity contribution < 1.29 is 33.3 Å². The number of ether oxygens (including phenoxy) is 5. The van der Waals surface area contributed by atoms with E-state index >= 15 is 0 Å². The fourth-order valence-corrected chi connectivity index (χ4v) is 3.64. The summed E-state index contributed by atoms with van der Waals surface area (Å²) >= 11 is 0. The Morgan fingerprint density at radius 1 is 0.865 bits per heavy atom. The minimum absolute atomic E-state index is 0.192. The second kappa shape index (κ2) is 13.3. The minimum atomic E-state index is -0.509. The predicted molar refractivity (Wildman–Crippen MR) is 139 cm³/mol. The zero-order chi connectivity index (χ0) is 26.8. The topological polar surface area (TPSA) is 105 Å². The molecule has 0 saturated heterocycles. The van der Waals surface area contributed by atoms with E-state index in [1.807, 2.05) is 38.1 Å². The van der Waals surface area contributed by atoms with Gasteiger partial charge in [0.25, 0.3) is 5.91 Å². The summed E-state index contributed by atoms with van der Waals surface area (Å²) in [6, 6.07) is 15.9. The highest BCUT2D eigenvalue weighted by atomic mass is 16.5. The van der Waals surface area contributed by atoms with E-state index in [9.17, 15) is 9.59 Å². The smallest absolute Gasteiger partial charge is 0.339 e. The van der Waals surface area contributed by atoms with Crippen molar-refractivity contribution in [2.75, 3.05) is 33.3 Å². The van der Waals surface area contributed by atoms with Gasteiger partial charge < -0.3 is 29.0 Å². The van der Waals surface area contributed by atoms with Gasteiger partial charge in [0, 0.05) is 31.4 Å². The Morgan fingerprint density at radius 2 is 1.59 bits per heavy atom. The average molecular weight is 509 g/mol. The number of anilines is 1. The van der Waals surface area contributed by atoms with Crippen LogP contribution >= 0.6 is 0 Å². The van der Waals surface area contributed by atoms with Crippen molar-refractivity contribution >= 4 is 17.7 Å². The normalized spacial score (nSPS) is 12.2. The molecule has 0 aliphatic rings. The standard InChI is InChI=1S/C28H32N2O7/c1-18(11-20-7-6-8-23(12-20)34-4)36-24-13-22(14-25(15-24)37-19(2)17-33-3)27(31)30-26-10-9-21(16-29-26)28(32)35-5/h6-10,12-16,18-19H,11,17H2,1-5H3,(H,29,30,31)/t18-,19-/m0/s1. The number of methoxy groups -OCH3 is 3. The highest BCUT2D eigenvalue weighted by Crippen LogP contribution is 2.26. The molecule has 0 aliphatic heterocycles. The van der Waals surface area contributed by atoms with Crippen LogP contribution in [0, 0.1) is 0 Å². The van der Waals surface area contributed by atoms with Crippen LogP contribution in [-0.2, 0) is 15.9 Å². The summed E-state index contributed by atoms with van der Waals surface area (Å²) in [7, 11) is 4.51. The van der Waals surface area contributed by atoms with Crippen LogP contribution < -0.4 is 19.5 Å². The van der Waals surface area contributed by atoms with E-state index in [1.165, 1.54) is 25.4 Å². The molecule has 1 aromatic heterocycles. The van der Waals surface area contributed by atoms with Crippen molar-refractivity contribution in [1.82, 2.24) is 4.98 Å². The molecule has 0 fully saturated rings. The molecule has 0 saturated carbocycles. The first kappa shape index (κ1) is 27.5. The third-order valence-electron chi connectivity index (χ3n) is 5.30. The first-order valence-corrected chi connectivity index (χ1v) is 11.8. The second-order valence-corrected chi connectivity index (χ2v) is 8.44. The largest absolute Gasteiger partial charge is 0.497 e. The number of nitrogens with zero attached hydrogens (tertiary/aromatic N) is 1. The molecule has 9 heteroatoms. The lowest BCUT2D eigenvalue weighted by Crippen LogP contribution is -2.20. The van der Waals surface area contributed by atoms with Crippen LogP contribution in [0.15, 0.2) is 60.8 Å². The third kappa shape index (κ3) is 8.22. The number of nitrogens with one attached hydrogen (secondary N) is 1. The quantitative estimate of drug-likeness (QED) is 0.355. The summed E-state index contributed by atoms with van der Waals surface area (Å²) in [6.45, 7) is 4.21. The molecule has 2 aromatic carbocycles. The van der Waals surface area contributed by atoms with Crippen molar-refractivity contribution in [3.63, 3.8) is 0 Å². The van der Waals surface area contributed by atoms with Gasteiger partial charge in [-0.15, -0.1) is 0 Å². The molecule has 0 aliphatic carbocycles. The number of hydrogen-bond donors (Lipinski definition) is 1. The lowest BCUT2D eigenvalue weighted by atomic mass is 10.1. The maximum absolute atomic E-state index is 13.1. The van der Waals surface area contributed by atoms with E-state index in [4.69, 9.17) is 18.9 Å². The molecule has 9 nitrogen and oxygen atoms in total. The Hall–Kier alpha value is -4.11. The molecule has 1 amide bonds. The first-order valence-electron chi connectivity index (χ1n) is 11.8. The van der Waals surface area contributed by atoms with Crippen LogP contribution in [0.1, 0.15) is 40.1 Å². The Balaban J connectivity index is 1.79. The molecule has 1 N–H and O–H groups in total. The monoisotopic (exact) mass is 508 g/mol. The molecule has 2 atom stereocenters. The molecule has 0 bridgehead atoms. The molecule has 196 valence electrons. The number of pyridine rings is 1. The van der Waals surface area contributed by atoms with E-state index in [0.717, 1.165) is 11.3 Å². The van der Waals surface area contributed by atoms with Crippen LogP contribution in [-0.4, -0.2) is 57.0 Å². The zero-order valence-electron chi connectivity index (χ0n) is 21.6. The highest BCUT2D eigenvalue weighted by molar-refractivity contribution is 6.04. The fourth-order valence-electron chi connectivity index (χ4n) is 3.64. The van der Waals surface area contributed by atoms with Gasteiger partial charge >= 0.3 is 5.97 Å². The van der Waals surface area contributed by atoms with Gasteiger partial charge in [0.15, 0.2) is 0 Å². The van der Waals surface area contributed by atoms with Crippen molar-refractivity contribution in [2.45, 2.75) is 32.5 Å². The number of carbonyl (C=O) groups is 2. The number of carbonyl (C=O) groups excluding carboxylic acids is 2. The summed E-state index contributed by atoms with van der Waals surface area (Å²) in [5, 5.41) is 2.73. The van der Waals surface area contributed by atoms with Crippen LogP contribution in [0.4, 0.5) is 5.82 Å². The van der Waals surface area contributed by atoms with E-state index < -0.39 is 11.9 Å². The van der Waals surface area contributed by atoms with Crippen molar-refractivity contribution in [3.8, 4) is 17.2 Å². The molecule has 0 unspecified atom stereocenters. The molecule has 0 radical (unpaired) electrons. The number of amides is 1. The van der Waals surface area contributed by atoms with Gasteiger partial charge in [-0.25, -0.2) is 9.78 Å². The molecule has 1 heterocycles. The van der Waals surface area contributed by atoms with Crippen molar-refractivity contribution in [3.05, 3.63) is 77.5 Å². The summed E-state index contributed by atoms with van der Waals surface area (Å²) in [5.41, 5.74) is 1.67. The number of hydrogen-bond acceptors (Lipinski definition) is 8. The van der Waals surface area contributed by atoms with E-state index in [0.29, 0.717) is 30.1 Å². The van der Waals surface area contributed by atoms with Gasteiger partial charge in [0.2, 0.25) is 0 Å². The molecule has 3 aromatic rings. The highest BCUT2D eigenvalue weighted by Gasteiger charge is 2.16. The van der Waals surface area contributed by atoms with Gasteiger partial charge in [-0.2, -0.15) is 0 Å². The Labute approximate surface area is 216 Å². The lowest BCUT2D eigenvalue weighted by molar-refractivity contribution is 0.0600. The zero-order valence-corrected chi connectivity index (χ0v) is 21.6. The Kier molecular flexibility index (Phi) is 9.85. The van der Waals surface area contributed by atoms with Crippen molar-refractivity contribution in [2.24, 2.45) is 0 Å². The van der Waals surface area contributed by atoms with Crippen LogP contribution in [0.3, 0.4) is 0 Å². The summed E-state index contributed by atoms with van der Waals surface area (Å²) in [4.78, 5) is 28.8. The lowest BCUT2D eigenvalue weighted by Gasteiger charge is -2.19. The fraction of sp³-hybridized carbons (Fsp3) is 0.321.